The third kappa shape index (κ3) is 2.11. The number of benzene rings is 2. The van der Waals surface area contributed by atoms with Crippen molar-refractivity contribution in [1.29, 1.82) is 0 Å². The highest BCUT2D eigenvalue weighted by Gasteiger charge is 2.31. The summed E-state index contributed by atoms with van der Waals surface area (Å²) in [6.07, 6.45) is 0. The van der Waals surface area contributed by atoms with E-state index in [4.69, 9.17) is 0 Å². The normalized spacial score (nSPS) is 16.8. The van der Waals surface area contributed by atoms with Crippen molar-refractivity contribution in [2.45, 2.75) is 13.0 Å². The minimum absolute atomic E-state index is 0.252. The van der Waals surface area contributed by atoms with Crippen LogP contribution < -0.4 is 10.6 Å². The average Bonchev–Trinajstić information content (AvgIpc) is 2.69. The number of carbonyl (C=O) groups is 1. The van der Waals surface area contributed by atoms with Crippen LogP contribution in [0.5, 0.6) is 0 Å². The van der Waals surface area contributed by atoms with Crippen molar-refractivity contribution in [2.24, 2.45) is 0 Å². The predicted molar refractivity (Wildman–Crippen MR) is 72.5 cm³/mol. The van der Waals surface area contributed by atoms with Crippen LogP contribution in [0.2, 0.25) is 0 Å². The van der Waals surface area contributed by atoms with Gasteiger partial charge in [0.1, 0.15) is 17.7 Å². The number of hydrogen-bond acceptors (Lipinski definition) is 2. The highest BCUT2D eigenvalue weighted by Crippen LogP contribution is 2.34. The predicted octanol–water partition coefficient (Wildman–Crippen LogP) is 3.38. The summed E-state index contributed by atoms with van der Waals surface area (Å²) >= 11 is 0. The number of carbonyl (C=O) groups excluding carboxylic acids is 1. The molecule has 0 aliphatic carbocycles. The Kier molecular flexibility index (Phi) is 2.89. The summed E-state index contributed by atoms with van der Waals surface area (Å²) in [5, 5.41) is 5.44. The van der Waals surface area contributed by atoms with E-state index in [1.165, 1.54) is 24.3 Å². The summed E-state index contributed by atoms with van der Waals surface area (Å²) in [6, 6.07) is 7.95. The summed E-state index contributed by atoms with van der Waals surface area (Å²) in [4.78, 5) is 11.9. The molecule has 3 rings (SSSR count). The van der Waals surface area contributed by atoms with Gasteiger partial charge in [0.15, 0.2) is 0 Å². The first-order valence-electron chi connectivity index (χ1n) is 6.17. The van der Waals surface area contributed by atoms with E-state index in [1.807, 2.05) is 6.92 Å². The van der Waals surface area contributed by atoms with E-state index < -0.39 is 17.7 Å². The first kappa shape index (κ1) is 12.6. The van der Waals surface area contributed by atoms with E-state index in [2.05, 4.69) is 10.6 Å². The molecule has 0 spiro atoms. The number of rotatable bonds is 2. The van der Waals surface area contributed by atoms with Gasteiger partial charge >= 0.3 is 0 Å². The molecule has 1 aliphatic rings. The lowest BCUT2D eigenvalue weighted by molar-refractivity contribution is -0.116. The van der Waals surface area contributed by atoms with Gasteiger partial charge in [-0.15, -0.1) is 0 Å². The van der Waals surface area contributed by atoms with Crippen LogP contribution in [0.25, 0.3) is 0 Å². The zero-order valence-corrected chi connectivity index (χ0v) is 10.7. The zero-order chi connectivity index (χ0) is 14.3. The number of hydrogen-bond donors (Lipinski definition) is 2. The summed E-state index contributed by atoms with van der Waals surface area (Å²) in [6.45, 7) is 1.84. The fraction of sp³-hybridized carbons (Fsp3) is 0.133. The molecule has 5 heteroatoms. The largest absolute Gasteiger partial charge is 0.368 e. The Bertz CT molecular complexity index is 700. The number of nitrogens with one attached hydrogen (secondary N) is 2. The van der Waals surface area contributed by atoms with Gasteiger partial charge < -0.3 is 10.6 Å². The Hall–Kier alpha value is -2.43. The molecule has 20 heavy (non-hydrogen) atoms. The van der Waals surface area contributed by atoms with Crippen LogP contribution in [0.15, 0.2) is 36.4 Å². The molecule has 0 radical (unpaired) electrons. The molecule has 0 saturated carbocycles. The SMILES string of the molecule is Cc1ccc(F)c(NC2C(=O)Nc3cc(F)ccc32)c1. The molecule has 0 aromatic heterocycles. The topological polar surface area (TPSA) is 41.1 Å². The summed E-state index contributed by atoms with van der Waals surface area (Å²) < 4.78 is 26.9. The molecule has 1 atom stereocenters. The Morgan fingerprint density at radius 1 is 1.15 bits per heavy atom. The van der Waals surface area contributed by atoms with Gasteiger partial charge in [-0.1, -0.05) is 12.1 Å². The third-order valence-electron chi connectivity index (χ3n) is 3.27. The van der Waals surface area contributed by atoms with Crippen LogP contribution in [-0.4, -0.2) is 5.91 Å². The Labute approximate surface area is 114 Å². The maximum atomic E-state index is 13.7. The number of fused-ring (bicyclic) bond motifs is 1. The van der Waals surface area contributed by atoms with Gasteiger partial charge in [-0.05, 0) is 36.8 Å². The van der Waals surface area contributed by atoms with Gasteiger partial charge in [-0.25, -0.2) is 8.78 Å². The maximum Gasteiger partial charge on any atom is 0.251 e. The number of amides is 1. The summed E-state index contributed by atoms with van der Waals surface area (Å²) in [7, 11) is 0. The summed E-state index contributed by atoms with van der Waals surface area (Å²) in [5.41, 5.74) is 2.16. The van der Waals surface area contributed by atoms with Gasteiger partial charge in [0.05, 0.1) is 5.69 Å². The van der Waals surface area contributed by atoms with Crippen molar-refractivity contribution in [1.82, 2.24) is 0 Å². The molecule has 0 bridgehead atoms. The summed E-state index contributed by atoms with van der Waals surface area (Å²) in [5.74, 6) is -1.18. The highest BCUT2D eigenvalue weighted by atomic mass is 19.1. The second-order valence-electron chi connectivity index (χ2n) is 4.78. The lowest BCUT2D eigenvalue weighted by atomic mass is 10.1. The number of aryl methyl sites for hydroxylation is 1. The van der Waals surface area contributed by atoms with Crippen molar-refractivity contribution < 1.29 is 13.6 Å². The smallest absolute Gasteiger partial charge is 0.251 e. The van der Waals surface area contributed by atoms with Gasteiger partial charge in [-0.3, -0.25) is 4.79 Å². The van der Waals surface area contributed by atoms with E-state index in [1.54, 1.807) is 12.1 Å². The minimum Gasteiger partial charge on any atom is -0.368 e. The highest BCUT2D eigenvalue weighted by molar-refractivity contribution is 6.04. The van der Waals surface area contributed by atoms with Crippen LogP contribution in [0, 0.1) is 18.6 Å². The fourth-order valence-electron chi connectivity index (χ4n) is 2.28. The molecule has 2 aromatic carbocycles. The minimum atomic E-state index is -0.720. The molecule has 1 heterocycles. The van der Waals surface area contributed by atoms with E-state index in [0.717, 1.165) is 5.56 Å². The van der Waals surface area contributed by atoms with E-state index in [9.17, 15) is 13.6 Å². The molecule has 0 fully saturated rings. The van der Waals surface area contributed by atoms with Crippen LogP contribution >= 0.6 is 0 Å². The lowest BCUT2D eigenvalue weighted by Gasteiger charge is -2.14. The van der Waals surface area contributed by atoms with Gasteiger partial charge in [-0.2, -0.15) is 0 Å². The average molecular weight is 274 g/mol. The second-order valence-corrected chi connectivity index (χ2v) is 4.78. The molecular weight excluding hydrogens is 262 g/mol. The lowest BCUT2D eigenvalue weighted by Crippen LogP contribution is -2.20. The second kappa shape index (κ2) is 4.59. The quantitative estimate of drug-likeness (QED) is 0.881. The first-order valence-corrected chi connectivity index (χ1v) is 6.17. The Morgan fingerprint density at radius 3 is 2.75 bits per heavy atom. The first-order chi connectivity index (χ1) is 9.54. The standard InChI is InChI=1S/C15H12F2N2O/c1-8-2-5-11(17)13(6-8)18-14-10-4-3-9(16)7-12(10)19-15(14)20/h2-7,14,18H,1H3,(H,19,20). The Balaban J connectivity index is 1.96. The molecule has 3 nitrogen and oxygen atoms in total. The van der Waals surface area contributed by atoms with Crippen molar-refractivity contribution in [3.05, 3.63) is 59.2 Å². The van der Waals surface area contributed by atoms with Gasteiger partial charge in [0.25, 0.3) is 5.91 Å². The van der Waals surface area contributed by atoms with E-state index >= 15 is 0 Å². The van der Waals surface area contributed by atoms with Crippen molar-refractivity contribution in [2.75, 3.05) is 10.6 Å². The van der Waals surface area contributed by atoms with Gasteiger partial charge in [0.2, 0.25) is 0 Å². The van der Waals surface area contributed by atoms with E-state index in [-0.39, 0.29) is 11.6 Å². The third-order valence-corrected chi connectivity index (χ3v) is 3.27. The Morgan fingerprint density at radius 2 is 1.95 bits per heavy atom. The molecule has 1 unspecified atom stereocenters. The maximum absolute atomic E-state index is 13.7. The van der Waals surface area contributed by atoms with Crippen molar-refractivity contribution in [3.8, 4) is 0 Å². The zero-order valence-electron chi connectivity index (χ0n) is 10.7. The molecule has 1 amide bonds. The molecule has 0 saturated heterocycles. The molecule has 1 aliphatic heterocycles. The van der Waals surface area contributed by atoms with Gasteiger partial charge in [0, 0.05) is 11.3 Å². The monoisotopic (exact) mass is 274 g/mol. The van der Waals surface area contributed by atoms with E-state index in [0.29, 0.717) is 11.3 Å². The molecule has 2 aromatic rings. The molecular formula is C15H12F2N2O. The molecule has 102 valence electrons. The fourth-order valence-corrected chi connectivity index (χ4v) is 2.28. The van der Waals surface area contributed by atoms with Crippen LogP contribution in [-0.2, 0) is 4.79 Å². The van der Waals surface area contributed by atoms with Crippen LogP contribution in [0.3, 0.4) is 0 Å². The van der Waals surface area contributed by atoms with Crippen LogP contribution in [0.1, 0.15) is 17.2 Å². The number of halogens is 2. The van der Waals surface area contributed by atoms with Crippen LogP contribution in [0.4, 0.5) is 20.2 Å². The number of anilines is 2. The molecule has 2 N–H and O–H groups in total. The van der Waals surface area contributed by atoms with Crippen molar-refractivity contribution in [3.63, 3.8) is 0 Å². The van der Waals surface area contributed by atoms with Crippen molar-refractivity contribution >= 4 is 17.3 Å².